The van der Waals surface area contributed by atoms with Crippen LogP contribution in [0.3, 0.4) is 0 Å². The van der Waals surface area contributed by atoms with Gasteiger partial charge in [0.15, 0.2) is 5.82 Å². The summed E-state index contributed by atoms with van der Waals surface area (Å²) in [5.41, 5.74) is 1.86. The number of aromatic amines is 1. The molecule has 3 aromatic rings. The van der Waals surface area contributed by atoms with E-state index in [4.69, 9.17) is 0 Å². The number of carbonyl (C=O) groups excluding carboxylic acids is 1. The van der Waals surface area contributed by atoms with Gasteiger partial charge in [0.1, 0.15) is 5.82 Å². The summed E-state index contributed by atoms with van der Waals surface area (Å²) in [6.45, 7) is 1.87. The summed E-state index contributed by atoms with van der Waals surface area (Å²) < 4.78 is 0. The predicted octanol–water partition coefficient (Wildman–Crippen LogP) is 2.29. The predicted molar refractivity (Wildman–Crippen MR) is 86.3 cm³/mol. The molecule has 2 heterocycles. The van der Waals surface area contributed by atoms with Crippen molar-refractivity contribution in [3.63, 3.8) is 0 Å². The van der Waals surface area contributed by atoms with E-state index in [-0.39, 0.29) is 11.9 Å². The standard InChI is InChI=1S/C17H17N5O/c1-12(19-15(23)11-13-5-3-2-4-6-13)16-20-17(22-21-16)14-7-9-18-10-8-14/h2-10,12H,11H2,1H3,(H,19,23)(H,20,21,22)/t12-/m1/s1. The van der Waals surface area contributed by atoms with Crippen LogP contribution < -0.4 is 5.32 Å². The van der Waals surface area contributed by atoms with Crippen LogP contribution in [0.15, 0.2) is 54.9 Å². The molecule has 6 nitrogen and oxygen atoms in total. The molecule has 0 unspecified atom stereocenters. The number of nitrogens with zero attached hydrogens (tertiary/aromatic N) is 3. The third kappa shape index (κ3) is 3.79. The minimum absolute atomic E-state index is 0.0504. The minimum atomic E-state index is -0.241. The Hall–Kier alpha value is -3.02. The lowest BCUT2D eigenvalue weighted by molar-refractivity contribution is -0.121. The van der Waals surface area contributed by atoms with Gasteiger partial charge in [-0.15, -0.1) is 0 Å². The van der Waals surface area contributed by atoms with Gasteiger partial charge < -0.3 is 5.32 Å². The monoisotopic (exact) mass is 307 g/mol. The van der Waals surface area contributed by atoms with Crippen LogP contribution >= 0.6 is 0 Å². The molecule has 1 amide bonds. The maximum atomic E-state index is 12.1. The molecule has 0 aliphatic rings. The highest BCUT2D eigenvalue weighted by Gasteiger charge is 2.14. The molecule has 0 spiro atoms. The molecule has 1 aromatic carbocycles. The first-order valence-electron chi connectivity index (χ1n) is 7.38. The van der Waals surface area contributed by atoms with E-state index in [0.29, 0.717) is 18.1 Å². The fourth-order valence-corrected chi connectivity index (χ4v) is 2.24. The van der Waals surface area contributed by atoms with Crippen LogP contribution in [0.25, 0.3) is 11.4 Å². The van der Waals surface area contributed by atoms with Crippen LogP contribution in [-0.2, 0) is 11.2 Å². The van der Waals surface area contributed by atoms with Crippen molar-refractivity contribution in [2.45, 2.75) is 19.4 Å². The van der Waals surface area contributed by atoms with Crippen LogP contribution in [0.2, 0.25) is 0 Å². The number of hydrogen-bond donors (Lipinski definition) is 2. The molecule has 116 valence electrons. The topological polar surface area (TPSA) is 83.6 Å². The number of hydrogen-bond acceptors (Lipinski definition) is 4. The highest BCUT2D eigenvalue weighted by Crippen LogP contribution is 2.15. The Bertz CT molecular complexity index is 770. The zero-order chi connectivity index (χ0) is 16.1. The lowest BCUT2D eigenvalue weighted by Crippen LogP contribution is -2.28. The van der Waals surface area contributed by atoms with Gasteiger partial charge in [0.05, 0.1) is 12.5 Å². The highest BCUT2D eigenvalue weighted by atomic mass is 16.1. The molecule has 0 aliphatic heterocycles. The van der Waals surface area contributed by atoms with Crippen LogP contribution in [0.1, 0.15) is 24.4 Å². The lowest BCUT2D eigenvalue weighted by atomic mass is 10.1. The van der Waals surface area contributed by atoms with Crippen molar-refractivity contribution in [2.24, 2.45) is 0 Å². The lowest BCUT2D eigenvalue weighted by Gasteiger charge is -2.10. The summed E-state index contributed by atoms with van der Waals surface area (Å²) in [6.07, 6.45) is 3.73. The molecule has 2 N–H and O–H groups in total. The molecule has 3 rings (SSSR count). The van der Waals surface area contributed by atoms with Crippen molar-refractivity contribution in [1.29, 1.82) is 0 Å². The van der Waals surface area contributed by atoms with Crippen molar-refractivity contribution >= 4 is 5.91 Å². The molecule has 1 atom stereocenters. The zero-order valence-electron chi connectivity index (χ0n) is 12.7. The summed E-state index contributed by atoms with van der Waals surface area (Å²) in [4.78, 5) is 20.5. The number of pyridine rings is 1. The summed E-state index contributed by atoms with van der Waals surface area (Å²) >= 11 is 0. The van der Waals surface area contributed by atoms with Crippen molar-refractivity contribution in [3.8, 4) is 11.4 Å². The van der Waals surface area contributed by atoms with Gasteiger partial charge in [-0.05, 0) is 24.6 Å². The van der Waals surface area contributed by atoms with Crippen LogP contribution in [0.4, 0.5) is 0 Å². The van der Waals surface area contributed by atoms with Crippen molar-refractivity contribution in [3.05, 3.63) is 66.2 Å². The third-order valence-corrected chi connectivity index (χ3v) is 3.44. The molecule has 0 aliphatic carbocycles. The Kier molecular flexibility index (Phi) is 4.42. The van der Waals surface area contributed by atoms with Gasteiger partial charge in [-0.25, -0.2) is 4.98 Å². The minimum Gasteiger partial charge on any atom is -0.346 e. The summed E-state index contributed by atoms with van der Waals surface area (Å²) in [5, 5.41) is 9.99. The third-order valence-electron chi connectivity index (χ3n) is 3.44. The number of nitrogens with one attached hydrogen (secondary N) is 2. The first-order valence-corrected chi connectivity index (χ1v) is 7.38. The van der Waals surface area contributed by atoms with Gasteiger partial charge in [-0.3, -0.25) is 14.9 Å². The summed E-state index contributed by atoms with van der Waals surface area (Å²) in [6, 6.07) is 13.1. The first kappa shape index (κ1) is 14.9. The fourth-order valence-electron chi connectivity index (χ4n) is 2.24. The number of carbonyl (C=O) groups is 1. The van der Waals surface area contributed by atoms with Crippen LogP contribution in [-0.4, -0.2) is 26.1 Å². The molecule has 23 heavy (non-hydrogen) atoms. The van der Waals surface area contributed by atoms with E-state index in [1.165, 1.54) is 0 Å². The smallest absolute Gasteiger partial charge is 0.224 e. The Morgan fingerprint density at radius 3 is 2.65 bits per heavy atom. The number of benzene rings is 1. The molecule has 0 fully saturated rings. The number of rotatable bonds is 5. The SMILES string of the molecule is C[C@@H](NC(=O)Cc1ccccc1)c1nc(-c2ccncc2)n[nH]1. The van der Waals surface area contributed by atoms with E-state index < -0.39 is 0 Å². The largest absolute Gasteiger partial charge is 0.346 e. The van der Waals surface area contributed by atoms with Gasteiger partial charge in [0.25, 0.3) is 0 Å². The number of H-pyrrole nitrogens is 1. The maximum Gasteiger partial charge on any atom is 0.224 e. The quantitative estimate of drug-likeness (QED) is 0.757. The molecule has 2 aromatic heterocycles. The first-order chi connectivity index (χ1) is 11.2. The van der Waals surface area contributed by atoms with Crippen LogP contribution in [0, 0.1) is 0 Å². The Morgan fingerprint density at radius 2 is 1.91 bits per heavy atom. The fraction of sp³-hybridized carbons (Fsp3) is 0.176. The van der Waals surface area contributed by atoms with Gasteiger partial charge in [-0.2, -0.15) is 5.10 Å². The molecular weight excluding hydrogens is 290 g/mol. The molecular formula is C17H17N5O. The van der Waals surface area contributed by atoms with Gasteiger partial charge in [0, 0.05) is 18.0 Å². The maximum absolute atomic E-state index is 12.1. The number of aromatic nitrogens is 4. The second-order valence-electron chi connectivity index (χ2n) is 5.23. The second kappa shape index (κ2) is 6.83. The average Bonchev–Trinajstić information content (AvgIpc) is 3.06. The van der Waals surface area contributed by atoms with Crippen molar-refractivity contribution in [2.75, 3.05) is 0 Å². The van der Waals surface area contributed by atoms with E-state index >= 15 is 0 Å². The second-order valence-corrected chi connectivity index (χ2v) is 5.23. The van der Waals surface area contributed by atoms with Crippen LogP contribution in [0.5, 0.6) is 0 Å². The molecule has 0 saturated heterocycles. The van der Waals surface area contributed by atoms with Crippen molar-refractivity contribution < 1.29 is 4.79 Å². The van der Waals surface area contributed by atoms with E-state index in [1.54, 1.807) is 12.4 Å². The molecule has 6 heteroatoms. The van der Waals surface area contributed by atoms with Crippen molar-refractivity contribution in [1.82, 2.24) is 25.5 Å². The summed E-state index contributed by atoms with van der Waals surface area (Å²) in [5.74, 6) is 1.16. The Morgan fingerprint density at radius 1 is 1.17 bits per heavy atom. The Balaban J connectivity index is 1.63. The zero-order valence-corrected chi connectivity index (χ0v) is 12.7. The van der Waals surface area contributed by atoms with E-state index in [9.17, 15) is 4.79 Å². The van der Waals surface area contributed by atoms with Gasteiger partial charge in [0.2, 0.25) is 5.91 Å². The molecule has 0 saturated carbocycles. The highest BCUT2D eigenvalue weighted by molar-refractivity contribution is 5.78. The average molecular weight is 307 g/mol. The molecule has 0 bridgehead atoms. The number of amides is 1. The Labute approximate surface area is 134 Å². The van der Waals surface area contributed by atoms with E-state index in [2.05, 4.69) is 25.5 Å². The van der Waals surface area contributed by atoms with Gasteiger partial charge in [-0.1, -0.05) is 30.3 Å². The van der Waals surface area contributed by atoms with E-state index in [0.717, 1.165) is 11.1 Å². The molecule has 0 radical (unpaired) electrons. The van der Waals surface area contributed by atoms with E-state index in [1.807, 2.05) is 49.4 Å². The summed E-state index contributed by atoms with van der Waals surface area (Å²) in [7, 11) is 0. The normalized spacial score (nSPS) is 11.9. The van der Waals surface area contributed by atoms with Gasteiger partial charge >= 0.3 is 0 Å².